The van der Waals surface area contributed by atoms with Gasteiger partial charge < -0.3 is 9.84 Å². The summed E-state index contributed by atoms with van der Waals surface area (Å²) in [7, 11) is 0. The lowest BCUT2D eigenvalue weighted by Crippen LogP contribution is -2.13. The van der Waals surface area contributed by atoms with Crippen molar-refractivity contribution in [1.82, 2.24) is 5.16 Å². The molecule has 1 aromatic heterocycles. The quantitative estimate of drug-likeness (QED) is 0.921. The second kappa shape index (κ2) is 6.17. The number of carbonyl (C=O) groups excluding carboxylic acids is 1. The first-order valence-electron chi connectivity index (χ1n) is 6.14. The van der Waals surface area contributed by atoms with Crippen LogP contribution in [0.4, 0.5) is 10.1 Å². The third-order valence-corrected chi connectivity index (χ3v) is 3.84. The van der Waals surface area contributed by atoms with E-state index in [0.717, 1.165) is 5.56 Å². The van der Waals surface area contributed by atoms with Crippen molar-refractivity contribution in [1.29, 1.82) is 0 Å². The maximum Gasteiger partial charge on any atom is 0.224 e. The molecule has 20 heavy (non-hydrogen) atoms. The van der Waals surface area contributed by atoms with Gasteiger partial charge in [-0.2, -0.15) is 0 Å². The van der Waals surface area contributed by atoms with E-state index < -0.39 is 0 Å². The maximum atomic E-state index is 13.3. The Hall–Kier alpha value is -1.69. The summed E-state index contributed by atoms with van der Waals surface area (Å²) in [5.74, 6) is 0.0898. The van der Waals surface area contributed by atoms with Gasteiger partial charge in [-0.1, -0.05) is 17.3 Å². The van der Waals surface area contributed by atoms with Crippen molar-refractivity contribution in [2.45, 2.75) is 26.7 Å². The van der Waals surface area contributed by atoms with Crippen molar-refractivity contribution in [3.8, 4) is 0 Å². The van der Waals surface area contributed by atoms with Crippen molar-refractivity contribution >= 4 is 27.5 Å². The summed E-state index contributed by atoms with van der Waals surface area (Å²) in [5, 5.41) is 6.52. The molecule has 0 bridgehead atoms. The van der Waals surface area contributed by atoms with Crippen LogP contribution in [0.25, 0.3) is 0 Å². The van der Waals surface area contributed by atoms with Gasteiger partial charge >= 0.3 is 0 Å². The van der Waals surface area contributed by atoms with Crippen LogP contribution in [0.15, 0.2) is 27.2 Å². The number of aryl methyl sites for hydroxylation is 3. The van der Waals surface area contributed by atoms with Gasteiger partial charge in [-0.05, 0) is 47.8 Å². The van der Waals surface area contributed by atoms with Gasteiger partial charge in [0.15, 0.2) is 5.76 Å². The summed E-state index contributed by atoms with van der Waals surface area (Å²) in [5.41, 5.74) is 2.01. The number of hydrogen-bond acceptors (Lipinski definition) is 3. The van der Waals surface area contributed by atoms with Crippen LogP contribution in [-0.2, 0) is 11.2 Å². The lowest BCUT2D eigenvalue weighted by molar-refractivity contribution is -0.116. The van der Waals surface area contributed by atoms with Gasteiger partial charge in [-0.25, -0.2) is 4.39 Å². The maximum absolute atomic E-state index is 13.3. The van der Waals surface area contributed by atoms with Crippen molar-refractivity contribution in [2.75, 3.05) is 5.32 Å². The number of nitrogens with zero attached hydrogens (tertiary/aromatic N) is 1. The number of benzene rings is 1. The molecule has 0 spiro atoms. The standard InChI is InChI=1S/C14H14BrFN2O2/c1-8-14(9(2)20-18-8)17-12(19)7-6-10-4-3-5-11(16)13(10)15/h3-5H,6-7H2,1-2H3,(H,17,19). The molecule has 0 atom stereocenters. The molecule has 0 aliphatic rings. The minimum atomic E-state index is -0.325. The number of hydrogen-bond donors (Lipinski definition) is 1. The first-order chi connectivity index (χ1) is 9.49. The number of rotatable bonds is 4. The summed E-state index contributed by atoms with van der Waals surface area (Å²) in [4.78, 5) is 11.9. The van der Waals surface area contributed by atoms with Crippen LogP contribution in [0, 0.1) is 19.7 Å². The number of amides is 1. The highest BCUT2D eigenvalue weighted by Crippen LogP contribution is 2.22. The van der Waals surface area contributed by atoms with Crippen molar-refractivity contribution in [3.05, 3.63) is 45.5 Å². The largest absolute Gasteiger partial charge is 0.359 e. The van der Waals surface area contributed by atoms with Crippen molar-refractivity contribution < 1.29 is 13.7 Å². The average Bonchev–Trinajstić information content (AvgIpc) is 2.72. The first-order valence-corrected chi connectivity index (χ1v) is 6.94. The number of carbonyl (C=O) groups is 1. The molecule has 0 unspecified atom stereocenters. The van der Waals surface area contributed by atoms with E-state index in [2.05, 4.69) is 26.4 Å². The van der Waals surface area contributed by atoms with Crippen LogP contribution < -0.4 is 5.32 Å². The molecule has 106 valence electrons. The molecule has 4 nitrogen and oxygen atoms in total. The minimum Gasteiger partial charge on any atom is -0.359 e. The molecule has 0 radical (unpaired) electrons. The van der Waals surface area contributed by atoms with Crippen LogP contribution in [-0.4, -0.2) is 11.1 Å². The summed E-state index contributed by atoms with van der Waals surface area (Å²) >= 11 is 3.18. The monoisotopic (exact) mass is 340 g/mol. The Balaban J connectivity index is 1.98. The fourth-order valence-corrected chi connectivity index (χ4v) is 2.32. The van der Waals surface area contributed by atoms with Gasteiger partial charge in [0, 0.05) is 6.42 Å². The van der Waals surface area contributed by atoms with E-state index in [1.165, 1.54) is 6.07 Å². The third kappa shape index (κ3) is 3.25. The van der Waals surface area contributed by atoms with E-state index >= 15 is 0 Å². The molecule has 1 aromatic carbocycles. The molecule has 1 heterocycles. The van der Waals surface area contributed by atoms with Crippen LogP contribution in [0.2, 0.25) is 0 Å². The SMILES string of the molecule is Cc1noc(C)c1NC(=O)CCc1cccc(F)c1Br. The zero-order valence-corrected chi connectivity index (χ0v) is 12.8. The molecule has 0 saturated heterocycles. The van der Waals surface area contributed by atoms with Gasteiger partial charge in [0.1, 0.15) is 17.2 Å². The molecule has 0 fully saturated rings. The Labute approximate surface area is 124 Å². The second-order valence-corrected chi connectivity index (χ2v) is 5.25. The smallest absolute Gasteiger partial charge is 0.224 e. The Morgan fingerprint density at radius 2 is 2.20 bits per heavy atom. The van der Waals surface area contributed by atoms with Gasteiger partial charge in [0.05, 0.1) is 4.47 Å². The van der Waals surface area contributed by atoms with E-state index in [1.807, 2.05) is 0 Å². The average molecular weight is 341 g/mol. The van der Waals surface area contributed by atoms with E-state index in [4.69, 9.17) is 4.52 Å². The fourth-order valence-electron chi connectivity index (χ4n) is 1.85. The van der Waals surface area contributed by atoms with Crippen molar-refractivity contribution in [3.63, 3.8) is 0 Å². The number of nitrogens with one attached hydrogen (secondary N) is 1. The van der Waals surface area contributed by atoms with Crippen LogP contribution in [0.1, 0.15) is 23.4 Å². The zero-order chi connectivity index (χ0) is 14.7. The summed E-state index contributed by atoms with van der Waals surface area (Å²) in [6.07, 6.45) is 0.708. The molecule has 6 heteroatoms. The molecule has 0 aliphatic heterocycles. The van der Waals surface area contributed by atoms with Gasteiger partial charge in [-0.3, -0.25) is 4.79 Å². The Morgan fingerprint density at radius 3 is 2.85 bits per heavy atom. The van der Waals surface area contributed by atoms with Crippen LogP contribution >= 0.6 is 15.9 Å². The lowest BCUT2D eigenvalue weighted by atomic mass is 10.1. The second-order valence-electron chi connectivity index (χ2n) is 4.46. The van der Waals surface area contributed by atoms with Crippen LogP contribution in [0.5, 0.6) is 0 Å². The van der Waals surface area contributed by atoms with E-state index in [-0.39, 0.29) is 18.1 Å². The summed E-state index contributed by atoms with van der Waals surface area (Å²) in [6.45, 7) is 3.49. The molecular formula is C14H14BrFN2O2. The van der Waals surface area contributed by atoms with Gasteiger partial charge in [0.25, 0.3) is 0 Å². The topological polar surface area (TPSA) is 55.1 Å². The number of anilines is 1. The highest BCUT2D eigenvalue weighted by molar-refractivity contribution is 9.10. The van der Waals surface area contributed by atoms with E-state index in [1.54, 1.807) is 26.0 Å². The van der Waals surface area contributed by atoms with Crippen LogP contribution in [0.3, 0.4) is 0 Å². The highest BCUT2D eigenvalue weighted by Gasteiger charge is 2.13. The van der Waals surface area contributed by atoms with Gasteiger partial charge in [0.2, 0.25) is 5.91 Å². The third-order valence-electron chi connectivity index (χ3n) is 2.95. The number of aromatic nitrogens is 1. The zero-order valence-electron chi connectivity index (χ0n) is 11.2. The lowest BCUT2D eigenvalue weighted by Gasteiger charge is -2.06. The van der Waals surface area contributed by atoms with E-state index in [0.29, 0.717) is 28.0 Å². The molecule has 1 amide bonds. The van der Waals surface area contributed by atoms with Crippen molar-refractivity contribution in [2.24, 2.45) is 0 Å². The minimum absolute atomic E-state index is 0.157. The first kappa shape index (κ1) is 14.7. The predicted octanol–water partition coefficient (Wildman–Crippen LogP) is 3.76. The Morgan fingerprint density at radius 1 is 1.45 bits per heavy atom. The predicted molar refractivity (Wildman–Crippen MR) is 77.0 cm³/mol. The van der Waals surface area contributed by atoms with E-state index in [9.17, 15) is 9.18 Å². The number of halogens is 2. The molecule has 0 saturated carbocycles. The Kier molecular flexibility index (Phi) is 4.54. The molecule has 2 rings (SSSR count). The molecule has 1 N–H and O–H groups in total. The normalized spacial score (nSPS) is 10.6. The highest BCUT2D eigenvalue weighted by atomic mass is 79.9. The summed E-state index contributed by atoms with van der Waals surface area (Å²) < 4.78 is 18.7. The molecule has 0 aliphatic carbocycles. The fraction of sp³-hybridized carbons (Fsp3) is 0.286. The summed E-state index contributed by atoms with van der Waals surface area (Å²) in [6, 6.07) is 4.79. The van der Waals surface area contributed by atoms with Gasteiger partial charge in [-0.15, -0.1) is 0 Å². The molecular weight excluding hydrogens is 327 g/mol. The molecule has 2 aromatic rings. The Bertz CT molecular complexity index is 621.